The molecule has 3 nitrogen and oxygen atoms in total. The monoisotopic (exact) mass is 355 g/mol. The van der Waals surface area contributed by atoms with Crippen LogP contribution in [0.25, 0.3) is 0 Å². The van der Waals surface area contributed by atoms with Gasteiger partial charge in [-0.1, -0.05) is 27.7 Å². The molecule has 0 rings (SSSR count). The first kappa shape index (κ1) is 19.3. The summed E-state index contributed by atoms with van der Waals surface area (Å²) in [7, 11) is 0. The van der Waals surface area contributed by atoms with Gasteiger partial charge in [0.15, 0.2) is 5.96 Å². The molecule has 0 heterocycles. The average molecular weight is 355 g/mol. The molecule has 0 unspecified atom stereocenters. The summed E-state index contributed by atoms with van der Waals surface area (Å²) in [5.41, 5.74) is 0.431. The first-order chi connectivity index (χ1) is 7.49. The fraction of sp³-hybridized carbons (Fsp3) is 0.923. The van der Waals surface area contributed by atoms with E-state index in [2.05, 4.69) is 50.2 Å². The number of nitrogens with zero attached hydrogens (tertiary/aromatic N) is 1. The van der Waals surface area contributed by atoms with Gasteiger partial charge in [-0.25, -0.2) is 0 Å². The Morgan fingerprint density at radius 3 is 2.24 bits per heavy atom. The van der Waals surface area contributed by atoms with Crippen LogP contribution < -0.4 is 10.6 Å². The maximum Gasteiger partial charge on any atom is 0.191 e. The summed E-state index contributed by atoms with van der Waals surface area (Å²) in [5, 5.41) is 6.62. The number of halogens is 1. The molecule has 0 aromatic heterocycles. The van der Waals surface area contributed by atoms with E-state index in [-0.39, 0.29) is 24.0 Å². The van der Waals surface area contributed by atoms with E-state index in [1.807, 2.05) is 0 Å². The second-order valence-electron chi connectivity index (χ2n) is 5.35. The molecule has 0 aliphatic heterocycles. The maximum atomic E-state index is 4.46. The zero-order valence-corrected chi connectivity index (χ0v) is 14.4. The van der Waals surface area contributed by atoms with Gasteiger partial charge in [-0.05, 0) is 31.6 Å². The third-order valence-corrected chi connectivity index (χ3v) is 2.23. The lowest BCUT2D eigenvalue weighted by Crippen LogP contribution is -2.38. The van der Waals surface area contributed by atoms with E-state index >= 15 is 0 Å². The Labute approximate surface area is 124 Å². The summed E-state index contributed by atoms with van der Waals surface area (Å²) in [6, 6.07) is 0. The molecule has 0 radical (unpaired) electrons. The van der Waals surface area contributed by atoms with Gasteiger partial charge in [-0.3, -0.25) is 4.99 Å². The summed E-state index contributed by atoms with van der Waals surface area (Å²) in [5.74, 6) is 0.957. The molecule has 104 valence electrons. The highest BCUT2D eigenvalue weighted by Crippen LogP contribution is 2.19. The van der Waals surface area contributed by atoms with E-state index < -0.39 is 0 Å². The van der Waals surface area contributed by atoms with Crippen molar-refractivity contribution in [1.82, 2.24) is 10.6 Å². The van der Waals surface area contributed by atoms with Crippen LogP contribution in [0.4, 0.5) is 0 Å². The average Bonchev–Trinajstić information content (AvgIpc) is 2.19. The van der Waals surface area contributed by atoms with Crippen LogP contribution in [0.2, 0.25) is 0 Å². The first-order valence-electron chi connectivity index (χ1n) is 6.51. The molecule has 0 aromatic carbocycles. The molecule has 0 amide bonds. The number of rotatable bonds is 6. The number of nitrogens with one attached hydrogen (secondary N) is 2. The van der Waals surface area contributed by atoms with Crippen molar-refractivity contribution in [2.24, 2.45) is 10.4 Å². The summed E-state index contributed by atoms with van der Waals surface area (Å²) in [4.78, 5) is 4.46. The van der Waals surface area contributed by atoms with Gasteiger partial charge in [0.25, 0.3) is 0 Å². The van der Waals surface area contributed by atoms with Crippen molar-refractivity contribution in [2.45, 2.75) is 53.9 Å². The lowest BCUT2D eigenvalue weighted by Gasteiger charge is -2.18. The van der Waals surface area contributed by atoms with Crippen molar-refractivity contribution in [3.63, 3.8) is 0 Å². The van der Waals surface area contributed by atoms with Crippen LogP contribution in [-0.4, -0.2) is 25.6 Å². The minimum Gasteiger partial charge on any atom is -0.357 e. The van der Waals surface area contributed by atoms with Crippen molar-refractivity contribution >= 4 is 29.9 Å². The lowest BCUT2D eigenvalue weighted by atomic mass is 9.91. The summed E-state index contributed by atoms with van der Waals surface area (Å²) < 4.78 is 0. The molecule has 0 spiro atoms. The van der Waals surface area contributed by atoms with Gasteiger partial charge in [0.1, 0.15) is 0 Å². The first-order valence-corrected chi connectivity index (χ1v) is 6.51. The molecule has 0 aliphatic carbocycles. The SMILES string of the molecule is CCCN=C(NCC)NCCCC(C)(C)C.I. The third kappa shape index (κ3) is 13.9. The summed E-state index contributed by atoms with van der Waals surface area (Å²) in [6.45, 7) is 13.9. The van der Waals surface area contributed by atoms with Gasteiger partial charge in [0.05, 0.1) is 0 Å². The van der Waals surface area contributed by atoms with Crippen molar-refractivity contribution in [2.75, 3.05) is 19.6 Å². The topological polar surface area (TPSA) is 36.4 Å². The standard InChI is InChI=1S/C13H29N3.HI/c1-6-10-15-12(14-7-2)16-11-8-9-13(3,4)5;/h6-11H2,1-5H3,(H2,14,15,16);1H. The molecule has 0 atom stereocenters. The predicted octanol–water partition coefficient (Wildman–Crippen LogP) is 3.40. The second-order valence-corrected chi connectivity index (χ2v) is 5.35. The molecule has 0 aromatic rings. The van der Waals surface area contributed by atoms with E-state index in [0.29, 0.717) is 5.41 Å². The van der Waals surface area contributed by atoms with Crippen LogP contribution >= 0.6 is 24.0 Å². The molecule has 0 saturated heterocycles. The fourth-order valence-corrected chi connectivity index (χ4v) is 1.39. The highest BCUT2D eigenvalue weighted by atomic mass is 127. The predicted molar refractivity (Wildman–Crippen MR) is 88.4 cm³/mol. The van der Waals surface area contributed by atoms with Crippen LogP contribution in [0.1, 0.15) is 53.9 Å². The second kappa shape index (κ2) is 11.1. The highest BCUT2D eigenvalue weighted by molar-refractivity contribution is 14.0. The Kier molecular flexibility index (Phi) is 12.6. The van der Waals surface area contributed by atoms with Crippen LogP contribution in [0.5, 0.6) is 0 Å². The number of hydrogen-bond acceptors (Lipinski definition) is 1. The normalized spacial score (nSPS) is 11.9. The molecule has 2 N–H and O–H groups in total. The molecule has 0 bridgehead atoms. The molecular formula is C13H30IN3. The van der Waals surface area contributed by atoms with Crippen LogP contribution in [0.3, 0.4) is 0 Å². The number of guanidine groups is 1. The molecule has 0 fully saturated rings. The summed E-state index contributed by atoms with van der Waals surface area (Å²) >= 11 is 0. The van der Waals surface area contributed by atoms with E-state index in [1.165, 1.54) is 12.8 Å². The van der Waals surface area contributed by atoms with Gasteiger partial charge in [0, 0.05) is 19.6 Å². The maximum absolute atomic E-state index is 4.46. The Morgan fingerprint density at radius 1 is 1.12 bits per heavy atom. The molecular weight excluding hydrogens is 325 g/mol. The van der Waals surface area contributed by atoms with Crippen LogP contribution in [0.15, 0.2) is 4.99 Å². The Morgan fingerprint density at radius 2 is 1.76 bits per heavy atom. The quantitative estimate of drug-likeness (QED) is 0.332. The third-order valence-electron chi connectivity index (χ3n) is 2.23. The Balaban J connectivity index is 0. The van der Waals surface area contributed by atoms with Gasteiger partial charge < -0.3 is 10.6 Å². The zero-order valence-electron chi connectivity index (χ0n) is 12.1. The van der Waals surface area contributed by atoms with E-state index in [1.54, 1.807) is 0 Å². The van der Waals surface area contributed by atoms with Crippen molar-refractivity contribution in [1.29, 1.82) is 0 Å². The van der Waals surface area contributed by atoms with Crippen molar-refractivity contribution in [3.8, 4) is 0 Å². The van der Waals surface area contributed by atoms with Gasteiger partial charge in [0.2, 0.25) is 0 Å². The van der Waals surface area contributed by atoms with E-state index in [9.17, 15) is 0 Å². The molecule has 0 saturated carbocycles. The highest BCUT2D eigenvalue weighted by Gasteiger charge is 2.08. The van der Waals surface area contributed by atoms with Crippen LogP contribution in [-0.2, 0) is 0 Å². The fourth-order valence-electron chi connectivity index (χ4n) is 1.39. The molecule has 17 heavy (non-hydrogen) atoms. The summed E-state index contributed by atoms with van der Waals surface area (Å²) in [6.07, 6.45) is 3.53. The largest absolute Gasteiger partial charge is 0.357 e. The minimum atomic E-state index is 0. The van der Waals surface area contributed by atoms with E-state index in [4.69, 9.17) is 0 Å². The van der Waals surface area contributed by atoms with Gasteiger partial charge >= 0.3 is 0 Å². The van der Waals surface area contributed by atoms with Crippen molar-refractivity contribution < 1.29 is 0 Å². The lowest BCUT2D eigenvalue weighted by molar-refractivity contribution is 0.365. The van der Waals surface area contributed by atoms with Gasteiger partial charge in [-0.2, -0.15) is 0 Å². The minimum absolute atomic E-state index is 0. The number of aliphatic imine (C=N–C) groups is 1. The Hall–Kier alpha value is 0. The van der Waals surface area contributed by atoms with E-state index in [0.717, 1.165) is 32.0 Å². The zero-order chi connectivity index (χ0) is 12.4. The Bertz CT molecular complexity index is 197. The smallest absolute Gasteiger partial charge is 0.191 e. The van der Waals surface area contributed by atoms with Crippen molar-refractivity contribution in [3.05, 3.63) is 0 Å². The van der Waals surface area contributed by atoms with Gasteiger partial charge in [-0.15, -0.1) is 24.0 Å². The number of hydrogen-bond donors (Lipinski definition) is 2. The molecule has 4 heteroatoms. The molecule has 0 aliphatic rings. The van der Waals surface area contributed by atoms with Crippen LogP contribution in [0, 0.1) is 5.41 Å².